The maximum absolute atomic E-state index is 15.1. The lowest BCUT2D eigenvalue weighted by molar-refractivity contribution is -0.140. The number of hydrogen-bond acceptors (Lipinski definition) is 3. The first-order chi connectivity index (χ1) is 13.3. The molecule has 3 rings (SSSR count). The summed E-state index contributed by atoms with van der Waals surface area (Å²) >= 11 is 0. The molecule has 156 valence electrons. The van der Waals surface area contributed by atoms with Gasteiger partial charge in [-0.1, -0.05) is 30.3 Å². The third-order valence-corrected chi connectivity index (χ3v) is 5.23. The first-order valence-electron chi connectivity index (χ1n) is 8.95. The Balaban J connectivity index is 2.05. The first kappa shape index (κ1) is 21.6. The zero-order valence-electron chi connectivity index (χ0n) is 16.4. The molecule has 1 fully saturated rings. The van der Waals surface area contributed by atoms with Gasteiger partial charge in [0, 0.05) is 5.46 Å². The quantitative estimate of drug-likeness (QED) is 0.529. The van der Waals surface area contributed by atoms with E-state index in [4.69, 9.17) is 14.0 Å². The molecule has 2 aromatic carbocycles. The summed E-state index contributed by atoms with van der Waals surface area (Å²) < 4.78 is 86.2. The van der Waals surface area contributed by atoms with Gasteiger partial charge in [0.1, 0.15) is 6.61 Å². The van der Waals surface area contributed by atoms with Gasteiger partial charge >= 0.3 is 13.3 Å². The number of alkyl halides is 3. The van der Waals surface area contributed by atoms with E-state index in [1.807, 2.05) is 0 Å². The minimum absolute atomic E-state index is 0.307. The van der Waals surface area contributed by atoms with E-state index in [1.54, 1.807) is 58.0 Å². The zero-order chi connectivity index (χ0) is 21.6. The van der Waals surface area contributed by atoms with Crippen LogP contribution in [0.3, 0.4) is 0 Å². The molecule has 0 amide bonds. The Morgan fingerprint density at radius 1 is 0.931 bits per heavy atom. The molecule has 0 saturated carbocycles. The third kappa shape index (κ3) is 4.11. The monoisotopic (exact) mass is 414 g/mol. The summed E-state index contributed by atoms with van der Waals surface area (Å²) in [6.45, 7) is 6.38. The number of ether oxygens (including phenoxy) is 1. The van der Waals surface area contributed by atoms with Crippen LogP contribution in [-0.2, 0) is 22.1 Å². The molecule has 0 aromatic heterocycles. The molecule has 3 nitrogen and oxygen atoms in total. The van der Waals surface area contributed by atoms with Gasteiger partial charge in [0.05, 0.1) is 16.8 Å². The lowest BCUT2D eigenvalue weighted by atomic mass is 9.77. The maximum atomic E-state index is 15.1. The van der Waals surface area contributed by atoms with Crippen LogP contribution in [0.1, 0.15) is 38.8 Å². The number of halogens is 5. The second-order valence-corrected chi connectivity index (χ2v) is 7.83. The molecular weight excluding hydrogens is 394 g/mol. The lowest BCUT2D eigenvalue weighted by Crippen LogP contribution is -2.41. The van der Waals surface area contributed by atoms with Crippen LogP contribution >= 0.6 is 0 Å². The highest BCUT2D eigenvalue weighted by atomic mass is 19.4. The van der Waals surface area contributed by atoms with Crippen molar-refractivity contribution in [3.8, 4) is 5.75 Å². The van der Waals surface area contributed by atoms with Crippen LogP contribution in [-0.4, -0.2) is 18.3 Å². The van der Waals surface area contributed by atoms with Crippen molar-refractivity contribution >= 4 is 12.6 Å². The van der Waals surface area contributed by atoms with Gasteiger partial charge in [-0.25, -0.2) is 8.78 Å². The summed E-state index contributed by atoms with van der Waals surface area (Å²) in [4.78, 5) is 0. The normalized spacial score (nSPS) is 18.2. The van der Waals surface area contributed by atoms with Crippen molar-refractivity contribution in [3.05, 3.63) is 59.2 Å². The first-order valence-corrected chi connectivity index (χ1v) is 8.95. The van der Waals surface area contributed by atoms with Gasteiger partial charge in [-0.15, -0.1) is 0 Å². The van der Waals surface area contributed by atoms with E-state index in [9.17, 15) is 17.6 Å². The number of hydrogen-bond donors (Lipinski definition) is 0. The van der Waals surface area contributed by atoms with Crippen LogP contribution < -0.4 is 10.2 Å². The highest BCUT2D eigenvalue weighted by Gasteiger charge is 2.53. The fourth-order valence-electron chi connectivity index (χ4n) is 2.84. The molecule has 0 N–H and O–H groups in total. The highest BCUT2D eigenvalue weighted by Crippen LogP contribution is 2.40. The van der Waals surface area contributed by atoms with Crippen molar-refractivity contribution in [2.75, 3.05) is 0 Å². The van der Waals surface area contributed by atoms with E-state index in [2.05, 4.69) is 0 Å². The Morgan fingerprint density at radius 3 is 2.00 bits per heavy atom. The molecule has 1 aliphatic rings. The molecule has 29 heavy (non-hydrogen) atoms. The molecule has 2 aromatic rings. The average molecular weight is 414 g/mol. The van der Waals surface area contributed by atoms with Gasteiger partial charge in [-0.05, 0) is 39.3 Å². The number of benzene rings is 2. The van der Waals surface area contributed by atoms with Crippen molar-refractivity contribution in [3.63, 3.8) is 0 Å². The molecule has 1 saturated heterocycles. The van der Waals surface area contributed by atoms with Crippen molar-refractivity contribution < 1.29 is 36.0 Å². The summed E-state index contributed by atoms with van der Waals surface area (Å²) in [5.41, 5.74) is -3.50. The minimum Gasteiger partial charge on any atom is -0.483 e. The van der Waals surface area contributed by atoms with E-state index in [0.717, 1.165) is 0 Å². The van der Waals surface area contributed by atoms with Crippen molar-refractivity contribution in [2.24, 2.45) is 0 Å². The fourth-order valence-corrected chi connectivity index (χ4v) is 2.84. The van der Waals surface area contributed by atoms with Crippen LogP contribution in [0, 0.1) is 11.6 Å². The summed E-state index contributed by atoms with van der Waals surface area (Å²) in [7, 11) is -1.44. The summed E-state index contributed by atoms with van der Waals surface area (Å²) in [5.74, 6) is -4.22. The molecule has 1 heterocycles. The van der Waals surface area contributed by atoms with E-state index in [-0.39, 0.29) is 6.61 Å². The second kappa shape index (κ2) is 7.29. The molecule has 0 radical (unpaired) electrons. The van der Waals surface area contributed by atoms with Gasteiger partial charge < -0.3 is 14.0 Å². The summed E-state index contributed by atoms with van der Waals surface area (Å²) in [6, 6.07) is 8.70. The summed E-state index contributed by atoms with van der Waals surface area (Å²) in [6.07, 6.45) is -5.05. The smallest absolute Gasteiger partial charge is 0.483 e. The summed E-state index contributed by atoms with van der Waals surface area (Å²) in [5, 5.41) is 0. The van der Waals surface area contributed by atoms with Crippen LogP contribution in [0.5, 0.6) is 5.75 Å². The molecule has 0 atom stereocenters. The third-order valence-electron chi connectivity index (χ3n) is 5.23. The Morgan fingerprint density at radius 2 is 1.48 bits per heavy atom. The van der Waals surface area contributed by atoms with E-state index in [1.165, 1.54) is 0 Å². The van der Waals surface area contributed by atoms with Crippen LogP contribution in [0.15, 0.2) is 36.4 Å². The Labute approximate surface area is 165 Å². The SMILES string of the molecule is CC1(C)OB(c2cc(C(F)(F)F)c(F)c(OCc3ccccc3)c2F)OC1(C)C. The lowest BCUT2D eigenvalue weighted by Gasteiger charge is -2.32. The van der Waals surface area contributed by atoms with Crippen LogP contribution in [0.25, 0.3) is 0 Å². The molecule has 1 aliphatic heterocycles. The Hall–Kier alpha value is -2.13. The predicted octanol–water partition coefficient (Wildman–Crippen LogP) is 4.86. The van der Waals surface area contributed by atoms with Crippen LogP contribution in [0.2, 0.25) is 0 Å². The molecule has 9 heteroatoms. The Bertz CT molecular complexity index is 881. The number of rotatable bonds is 4. The largest absolute Gasteiger partial charge is 0.498 e. The zero-order valence-corrected chi connectivity index (χ0v) is 16.4. The minimum atomic E-state index is -5.05. The molecule has 0 spiro atoms. The van der Waals surface area contributed by atoms with Gasteiger partial charge in [0.15, 0.2) is 17.4 Å². The molecule has 0 unspecified atom stereocenters. The fraction of sp³-hybridized carbons (Fsp3) is 0.400. The van der Waals surface area contributed by atoms with Gasteiger partial charge in [0.2, 0.25) is 0 Å². The topological polar surface area (TPSA) is 27.7 Å². The standard InChI is InChI=1S/C20H20BF5O3/c1-18(2)19(3,4)29-21(28-18)14-10-13(20(24,25)26)15(22)17(16(14)23)27-11-12-8-6-5-7-9-12/h5-10H,11H2,1-4H3. The molecule has 0 aliphatic carbocycles. The second-order valence-electron chi connectivity index (χ2n) is 7.83. The van der Waals surface area contributed by atoms with Crippen molar-refractivity contribution in [1.29, 1.82) is 0 Å². The van der Waals surface area contributed by atoms with Crippen molar-refractivity contribution in [1.82, 2.24) is 0 Å². The average Bonchev–Trinajstić information content (AvgIpc) is 2.82. The molecule has 0 bridgehead atoms. The van der Waals surface area contributed by atoms with Gasteiger partial charge in [-0.2, -0.15) is 13.2 Å². The molecular formula is C20H20BF5O3. The van der Waals surface area contributed by atoms with Gasteiger partial charge in [-0.3, -0.25) is 0 Å². The maximum Gasteiger partial charge on any atom is 0.498 e. The highest BCUT2D eigenvalue weighted by molar-refractivity contribution is 6.62. The predicted molar refractivity (Wildman–Crippen MR) is 97.9 cm³/mol. The Kier molecular flexibility index (Phi) is 5.42. The van der Waals surface area contributed by atoms with E-state index < -0.39 is 52.9 Å². The van der Waals surface area contributed by atoms with E-state index >= 15 is 4.39 Å². The van der Waals surface area contributed by atoms with Gasteiger partial charge in [0.25, 0.3) is 0 Å². The van der Waals surface area contributed by atoms with Crippen LogP contribution in [0.4, 0.5) is 22.0 Å². The van der Waals surface area contributed by atoms with E-state index in [0.29, 0.717) is 11.6 Å². The van der Waals surface area contributed by atoms with Crippen molar-refractivity contribution in [2.45, 2.75) is 51.7 Å².